The van der Waals surface area contributed by atoms with E-state index in [9.17, 15) is 4.79 Å². The van der Waals surface area contributed by atoms with Gasteiger partial charge >= 0.3 is 0 Å². The first-order valence-corrected chi connectivity index (χ1v) is 8.63. The third-order valence-corrected chi connectivity index (χ3v) is 4.17. The largest absolute Gasteiger partial charge is 0.486 e. The molecule has 0 saturated carbocycles. The first-order valence-electron chi connectivity index (χ1n) is 8.25. The van der Waals surface area contributed by atoms with Crippen LogP contribution in [-0.2, 0) is 0 Å². The molecule has 3 aromatic rings. The fraction of sp³-hybridized carbons (Fsp3) is 0.105. The third-order valence-electron chi connectivity index (χ3n) is 3.84. The quantitative estimate of drug-likeness (QED) is 0.711. The molecule has 27 heavy (non-hydrogen) atoms. The summed E-state index contributed by atoms with van der Waals surface area (Å²) < 4.78 is 11.1. The molecule has 4 rings (SSSR count). The fourth-order valence-corrected chi connectivity index (χ4v) is 2.79. The molecule has 136 valence electrons. The molecule has 0 bridgehead atoms. The first kappa shape index (κ1) is 17.1. The van der Waals surface area contributed by atoms with Crippen LogP contribution in [0.5, 0.6) is 11.5 Å². The Morgan fingerprint density at radius 3 is 2.44 bits per heavy atom. The van der Waals surface area contributed by atoms with E-state index in [0.717, 1.165) is 11.4 Å². The van der Waals surface area contributed by atoms with Crippen molar-refractivity contribution in [3.05, 3.63) is 65.2 Å². The number of hydrogen-bond donors (Lipinski definition) is 2. The zero-order valence-electron chi connectivity index (χ0n) is 14.1. The van der Waals surface area contributed by atoms with Crippen molar-refractivity contribution < 1.29 is 14.3 Å². The molecule has 1 aromatic heterocycles. The molecule has 0 spiro atoms. The van der Waals surface area contributed by atoms with Gasteiger partial charge in [-0.15, -0.1) is 10.2 Å². The summed E-state index contributed by atoms with van der Waals surface area (Å²) in [5, 5.41) is 14.3. The van der Waals surface area contributed by atoms with Gasteiger partial charge in [-0.3, -0.25) is 4.79 Å². The zero-order chi connectivity index (χ0) is 18.6. The van der Waals surface area contributed by atoms with Gasteiger partial charge < -0.3 is 20.1 Å². The Labute approximate surface area is 160 Å². The minimum absolute atomic E-state index is 0.327. The Balaban J connectivity index is 1.43. The predicted octanol–water partition coefficient (Wildman–Crippen LogP) is 3.90. The van der Waals surface area contributed by atoms with Crippen molar-refractivity contribution in [1.29, 1.82) is 0 Å². The fourth-order valence-electron chi connectivity index (χ4n) is 2.56. The monoisotopic (exact) mass is 382 g/mol. The minimum atomic E-state index is -0.345. The first-order chi connectivity index (χ1) is 13.2. The van der Waals surface area contributed by atoms with Crippen LogP contribution in [0.4, 0.5) is 17.3 Å². The maximum atomic E-state index is 12.2. The summed E-state index contributed by atoms with van der Waals surface area (Å²) in [6.45, 7) is 1.07. The number of fused-ring (bicyclic) bond motifs is 1. The van der Waals surface area contributed by atoms with Gasteiger partial charge in [-0.05, 0) is 36.4 Å². The van der Waals surface area contributed by atoms with Crippen LogP contribution in [0.1, 0.15) is 10.4 Å². The maximum Gasteiger partial charge on any atom is 0.258 e. The van der Waals surface area contributed by atoms with E-state index in [0.29, 0.717) is 41.2 Å². The highest BCUT2D eigenvalue weighted by Crippen LogP contribution is 2.33. The molecule has 7 nitrogen and oxygen atoms in total. The third kappa shape index (κ3) is 3.93. The van der Waals surface area contributed by atoms with Crippen molar-refractivity contribution in [3.63, 3.8) is 0 Å². The van der Waals surface area contributed by atoms with Gasteiger partial charge in [0.25, 0.3) is 5.91 Å². The minimum Gasteiger partial charge on any atom is -0.486 e. The van der Waals surface area contributed by atoms with Crippen LogP contribution < -0.4 is 20.1 Å². The lowest BCUT2D eigenvalue weighted by Crippen LogP contribution is -2.15. The number of anilines is 3. The molecular formula is C19H15ClN4O3. The molecule has 2 aromatic carbocycles. The highest BCUT2D eigenvalue weighted by Gasteiger charge is 2.13. The van der Waals surface area contributed by atoms with E-state index in [4.69, 9.17) is 21.1 Å². The molecule has 0 saturated heterocycles. The Bertz CT molecular complexity index is 979. The van der Waals surface area contributed by atoms with Crippen molar-refractivity contribution in [2.24, 2.45) is 0 Å². The molecule has 1 aliphatic heterocycles. The smallest absolute Gasteiger partial charge is 0.258 e. The van der Waals surface area contributed by atoms with Crippen LogP contribution in [-0.4, -0.2) is 29.3 Å². The Hall–Kier alpha value is -3.32. The molecule has 0 fully saturated rings. The van der Waals surface area contributed by atoms with Crippen LogP contribution >= 0.6 is 11.6 Å². The summed E-state index contributed by atoms with van der Waals surface area (Å²) in [5.41, 5.74) is 1.17. The van der Waals surface area contributed by atoms with Crippen LogP contribution in [0.15, 0.2) is 54.6 Å². The van der Waals surface area contributed by atoms with Gasteiger partial charge in [0.15, 0.2) is 23.1 Å². The van der Waals surface area contributed by atoms with Crippen LogP contribution in [0, 0.1) is 0 Å². The lowest BCUT2D eigenvalue weighted by molar-refractivity contribution is 0.102. The number of nitrogens with zero attached hydrogens (tertiary/aromatic N) is 2. The standard InChI is InChI=1S/C19H15ClN4O3/c20-14-4-2-1-3-13(14)19(25)22-18-8-7-17(23-24-18)21-12-5-6-15-16(11-12)27-10-9-26-15/h1-8,11H,9-10H2,(H,21,23)(H,22,24,25). The summed E-state index contributed by atoms with van der Waals surface area (Å²) >= 11 is 6.03. The summed E-state index contributed by atoms with van der Waals surface area (Å²) in [7, 11) is 0. The Morgan fingerprint density at radius 2 is 1.67 bits per heavy atom. The van der Waals surface area contributed by atoms with E-state index in [1.54, 1.807) is 36.4 Å². The Morgan fingerprint density at radius 1 is 0.926 bits per heavy atom. The SMILES string of the molecule is O=C(Nc1ccc(Nc2ccc3c(c2)OCCO3)nn1)c1ccccc1Cl. The zero-order valence-corrected chi connectivity index (χ0v) is 14.9. The number of amides is 1. The van der Waals surface area contributed by atoms with Gasteiger partial charge in [-0.1, -0.05) is 23.7 Å². The molecular weight excluding hydrogens is 368 g/mol. The number of carbonyl (C=O) groups is 1. The number of hydrogen-bond acceptors (Lipinski definition) is 6. The molecule has 0 radical (unpaired) electrons. The Kier molecular flexibility index (Phi) is 4.76. The number of carbonyl (C=O) groups excluding carboxylic acids is 1. The van der Waals surface area contributed by atoms with E-state index >= 15 is 0 Å². The van der Waals surface area contributed by atoms with Gasteiger partial charge in [0, 0.05) is 11.8 Å². The summed E-state index contributed by atoms with van der Waals surface area (Å²) in [5.74, 6) is 1.91. The molecule has 1 amide bonds. The normalized spacial score (nSPS) is 12.3. The van der Waals surface area contributed by atoms with Crippen molar-refractivity contribution in [3.8, 4) is 11.5 Å². The van der Waals surface area contributed by atoms with Gasteiger partial charge in [-0.25, -0.2) is 0 Å². The second-order valence-electron chi connectivity index (χ2n) is 5.72. The van der Waals surface area contributed by atoms with Crippen LogP contribution in [0.2, 0.25) is 5.02 Å². The van der Waals surface area contributed by atoms with E-state index < -0.39 is 0 Å². The van der Waals surface area contributed by atoms with Crippen LogP contribution in [0.3, 0.4) is 0 Å². The van der Waals surface area contributed by atoms with E-state index in [2.05, 4.69) is 20.8 Å². The molecule has 0 unspecified atom stereocenters. The number of ether oxygens (including phenoxy) is 2. The van der Waals surface area contributed by atoms with Gasteiger partial charge in [0.05, 0.1) is 10.6 Å². The second-order valence-corrected chi connectivity index (χ2v) is 6.13. The average molecular weight is 383 g/mol. The summed E-state index contributed by atoms with van der Waals surface area (Å²) in [4.78, 5) is 12.2. The number of nitrogens with one attached hydrogen (secondary N) is 2. The highest BCUT2D eigenvalue weighted by atomic mass is 35.5. The highest BCUT2D eigenvalue weighted by molar-refractivity contribution is 6.34. The van der Waals surface area contributed by atoms with Gasteiger partial charge in [-0.2, -0.15) is 0 Å². The number of benzene rings is 2. The van der Waals surface area contributed by atoms with E-state index in [1.807, 2.05) is 18.2 Å². The lowest BCUT2D eigenvalue weighted by Gasteiger charge is -2.19. The second kappa shape index (κ2) is 7.51. The molecule has 2 N–H and O–H groups in total. The van der Waals surface area contributed by atoms with E-state index in [1.165, 1.54) is 0 Å². The molecule has 0 atom stereocenters. The lowest BCUT2D eigenvalue weighted by atomic mass is 10.2. The van der Waals surface area contributed by atoms with Crippen molar-refractivity contribution in [1.82, 2.24) is 10.2 Å². The van der Waals surface area contributed by atoms with Crippen molar-refractivity contribution >= 4 is 34.8 Å². The van der Waals surface area contributed by atoms with Crippen molar-refractivity contribution in [2.75, 3.05) is 23.8 Å². The molecule has 8 heteroatoms. The maximum absolute atomic E-state index is 12.2. The number of rotatable bonds is 4. The van der Waals surface area contributed by atoms with Gasteiger partial charge in [0.1, 0.15) is 13.2 Å². The predicted molar refractivity (Wildman–Crippen MR) is 102 cm³/mol. The number of aromatic nitrogens is 2. The number of halogens is 1. The van der Waals surface area contributed by atoms with E-state index in [-0.39, 0.29) is 5.91 Å². The molecule has 1 aliphatic rings. The molecule has 0 aliphatic carbocycles. The summed E-state index contributed by atoms with van der Waals surface area (Å²) in [6.07, 6.45) is 0. The van der Waals surface area contributed by atoms with Crippen molar-refractivity contribution in [2.45, 2.75) is 0 Å². The van der Waals surface area contributed by atoms with Gasteiger partial charge in [0.2, 0.25) is 0 Å². The molecule has 2 heterocycles. The van der Waals surface area contributed by atoms with Crippen LogP contribution in [0.25, 0.3) is 0 Å². The average Bonchev–Trinajstić information content (AvgIpc) is 2.70. The summed E-state index contributed by atoms with van der Waals surface area (Å²) in [6, 6.07) is 15.7. The topological polar surface area (TPSA) is 85.4 Å².